The van der Waals surface area contributed by atoms with Crippen LogP contribution in [0.4, 0.5) is 5.69 Å². The number of allylic oxidation sites excluding steroid dienone is 1. The van der Waals surface area contributed by atoms with Crippen LogP contribution in [0, 0.1) is 15.5 Å². The average Bonchev–Trinajstić information content (AvgIpc) is 3.03. The summed E-state index contributed by atoms with van der Waals surface area (Å²) in [5.41, 5.74) is -0.116. The molecule has 0 spiro atoms. The summed E-state index contributed by atoms with van der Waals surface area (Å²) in [5, 5.41) is 10.6. The minimum absolute atomic E-state index is 0.0388. The van der Waals surface area contributed by atoms with Gasteiger partial charge < -0.3 is 14.0 Å². The first kappa shape index (κ1) is 17.5. The van der Waals surface area contributed by atoms with E-state index in [1.54, 1.807) is 24.7 Å². The van der Waals surface area contributed by atoms with Gasteiger partial charge in [0.2, 0.25) is 0 Å². The predicted molar refractivity (Wildman–Crippen MR) is 90.5 cm³/mol. The zero-order valence-electron chi connectivity index (χ0n) is 14.0. The number of nitrogens with zero attached hydrogens (tertiary/aromatic N) is 3. The van der Waals surface area contributed by atoms with Gasteiger partial charge >= 0.3 is 0 Å². The van der Waals surface area contributed by atoms with Crippen LogP contribution in [0.1, 0.15) is 20.8 Å². The average molecular weight is 331 g/mol. The van der Waals surface area contributed by atoms with E-state index >= 15 is 0 Å². The van der Waals surface area contributed by atoms with Crippen LogP contribution in [0.5, 0.6) is 5.75 Å². The lowest BCUT2D eigenvalue weighted by atomic mass is 9.94. The summed E-state index contributed by atoms with van der Waals surface area (Å²) in [7, 11) is 0. The van der Waals surface area contributed by atoms with Gasteiger partial charge in [-0.05, 0) is 12.1 Å². The van der Waals surface area contributed by atoms with Crippen LogP contribution in [0.25, 0.3) is 6.20 Å². The smallest absolute Gasteiger partial charge is 0.269 e. The quantitative estimate of drug-likeness (QED) is 0.334. The monoisotopic (exact) mass is 331 g/mol. The fraction of sp³-hybridized carbons (Fsp3) is 0.353. The molecule has 0 amide bonds. The summed E-state index contributed by atoms with van der Waals surface area (Å²) in [6, 6.07) is 5.97. The first-order chi connectivity index (χ1) is 11.4. The van der Waals surface area contributed by atoms with Crippen molar-refractivity contribution >= 4 is 11.9 Å². The molecule has 1 heterocycles. The summed E-state index contributed by atoms with van der Waals surface area (Å²) >= 11 is 0. The van der Waals surface area contributed by atoms with E-state index in [1.807, 2.05) is 17.0 Å². The maximum atomic E-state index is 10.6. The third kappa shape index (κ3) is 5.12. The molecule has 1 aromatic heterocycles. The van der Waals surface area contributed by atoms with Gasteiger partial charge in [0.05, 0.1) is 11.3 Å². The van der Waals surface area contributed by atoms with Crippen LogP contribution in [0.15, 0.2) is 48.7 Å². The van der Waals surface area contributed by atoms with Crippen molar-refractivity contribution in [2.75, 3.05) is 13.2 Å². The second-order valence-corrected chi connectivity index (χ2v) is 6.20. The molecule has 7 heteroatoms. The molecule has 7 nitrogen and oxygen atoms in total. The first-order valence-corrected chi connectivity index (χ1v) is 7.56. The molecule has 0 aliphatic heterocycles. The van der Waals surface area contributed by atoms with Crippen molar-refractivity contribution in [3.05, 3.63) is 58.9 Å². The molecular formula is C17H21N3O4. The number of benzene rings is 1. The molecule has 0 saturated heterocycles. The molecule has 128 valence electrons. The van der Waals surface area contributed by atoms with Gasteiger partial charge in [-0.1, -0.05) is 20.8 Å². The highest BCUT2D eigenvalue weighted by molar-refractivity contribution is 5.36. The fourth-order valence-corrected chi connectivity index (χ4v) is 1.90. The molecular weight excluding hydrogens is 310 g/mol. The minimum Gasteiger partial charge on any atom is -0.492 e. The predicted octanol–water partition coefficient (Wildman–Crippen LogP) is 3.73. The third-order valence-corrected chi connectivity index (χ3v) is 3.19. The highest BCUT2D eigenvalue weighted by Gasteiger charge is 2.19. The Bertz CT molecular complexity index is 686. The van der Waals surface area contributed by atoms with Crippen molar-refractivity contribution in [2.45, 2.75) is 20.8 Å². The van der Waals surface area contributed by atoms with Crippen molar-refractivity contribution in [1.82, 2.24) is 9.55 Å². The molecule has 2 rings (SSSR count). The Balaban J connectivity index is 1.88. The summed E-state index contributed by atoms with van der Waals surface area (Å²) in [5.74, 6) is 1.38. The number of hydrogen-bond donors (Lipinski definition) is 0. The third-order valence-electron chi connectivity index (χ3n) is 3.19. The van der Waals surface area contributed by atoms with Crippen LogP contribution in [-0.4, -0.2) is 27.7 Å². The van der Waals surface area contributed by atoms with Crippen LogP contribution in [-0.2, 0) is 4.74 Å². The van der Waals surface area contributed by atoms with Crippen molar-refractivity contribution in [3.63, 3.8) is 0 Å². The summed E-state index contributed by atoms with van der Waals surface area (Å²) in [4.78, 5) is 14.2. The lowest BCUT2D eigenvalue weighted by molar-refractivity contribution is -0.384. The summed E-state index contributed by atoms with van der Waals surface area (Å²) in [6.07, 6.45) is 7.12. The standard InChI is InChI=1S/C17H21N3O4/c1-17(2,3)16(12-19-9-8-18-13-19)24-11-10-23-15-6-4-14(5-7-15)20(21)22/h4-9,12-13H,10-11H2,1-3H3. The minimum atomic E-state index is -0.441. The molecule has 24 heavy (non-hydrogen) atoms. The van der Waals surface area contributed by atoms with Gasteiger partial charge in [-0.25, -0.2) is 4.98 Å². The highest BCUT2D eigenvalue weighted by Crippen LogP contribution is 2.27. The molecule has 0 radical (unpaired) electrons. The van der Waals surface area contributed by atoms with E-state index in [2.05, 4.69) is 25.8 Å². The lowest BCUT2D eigenvalue weighted by Crippen LogP contribution is -2.16. The maximum absolute atomic E-state index is 10.6. The number of aromatic nitrogens is 2. The molecule has 0 bridgehead atoms. The molecule has 0 N–H and O–H groups in total. The van der Waals surface area contributed by atoms with Crippen molar-refractivity contribution in [3.8, 4) is 5.75 Å². The van der Waals surface area contributed by atoms with Gasteiger partial charge in [0.15, 0.2) is 0 Å². The van der Waals surface area contributed by atoms with Gasteiger partial charge in [-0.3, -0.25) is 10.1 Å². The Morgan fingerprint density at radius 2 is 2.00 bits per heavy atom. The van der Waals surface area contributed by atoms with Crippen LogP contribution >= 0.6 is 0 Å². The van der Waals surface area contributed by atoms with E-state index < -0.39 is 4.92 Å². The van der Waals surface area contributed by atoms with Gasteiger partial charge in [-0.15, -0.1) is 0 Å². The molecule has 2 aromatic rings. The molecule has 0 unspecified atom stereocenters. The Morgan fingerprint density at radius 1 is 1.29 bits per heavy atom. The molecule has 0 aliphatic rings. The maximum Gasteiger partial charge on any atom is 0.269 e. The molecule has 0 fully saturated rings. The normalized spacial score (nSPS) is 12.0. The largest absolute Gasteiger partial charge is 0.492 e. The second kappa shape index (κ2) is 7.63. The number of nitro groups is 1. The molecule has 1 aromatic carbocycles. The molecule has 0 aliphatic carbocycles. The number of rotatable bonds is 7. The second-order valence-electron chi connectivity index (χ2n) is 6.20. The van der Waals surface area contributed by atoms with E-state index in [-0.39, 0.29) is 11.1 Å². The Kier molecular flexibility index (Phi) is 5.57. The summed E-state index contributed by atoms with van der Waals surface area (Å²) in [6.45, 7) is 6.90. The Labute approximate surface area is 140 Å². The van der Waals surface area contributed by atoms with Crippen LogP contribution in [0.3, 0.4) is 0 Å². The fourth-order valence-electron chi connectivity index (χ4n) is 1.90. The SMILES string of the molecule is CC(C)(C)C(=Cn1ccnc1)OCCOc1ccc([N+](=O)[O-])cc1. The molecule has 0 saturated carbocycles. The zero-order chi connectivity index (χ0) is 17.6. The summed E-state index contributed by atoms with van der Waals surface area (Å²) < 4.78 is 13.2. The number of ether oxygens (including phenoxy) is 2. The van der Waals surface area contributed by atoms with Crippen molar-refractivity contribution < 1.29 is 14.4 Å². The Morgan fingerprint density at radius 3 is 2.54 bits per heavy atom. The van der Waals surface area contributed by atoms with Gasteiger partial charge in [0, 0.05) is 36.1 Å². The van der Waals surface area contributed by atoms with Crippen LogP contribution in [0.2, 0.25) is 0 Å². The number of imidazole rings is 1. The Hall–Kier alpha value is -2.83. The number of hydrogen-bond acceptors (Lipinski definition) is 5. The van der Waals surface area contributed by atoms with Gasteiger partial charge in [0.1, 0.15) is 24.7 Å². The topological polar surface area (TPSA) is 79.4 Å². The number of non-ortho nitro benzene ring substituents is 1. The number of nitro benzene ring substituents is 1. The van der Waals surface area contributed by atoms with E-state index in [9.17, 15) is 10.1 Å². The molecule has 0 atom stereocenters. The van der Waals surface area contributed by atoms with Gasteiger partial charge in [0.25, 0.3) is 5.69 Å². The van der Waals surface area contributed by atoms with E-state index in [4.69, 9.17) is 9.47 Å². The van der Waals surface area contributed by atoms with Crippen LogP contribution < -0.4 is 4.74 Å². The van der Waals surface area contributed by atoms with E-state index in [0.717, 1.165) is 5.76 Å². The first-order valence-electron chi connectivity index (χ1n) is 7.56. The van der Waals surface area contributed by atoms with Crippen molar-refractivity contribution in [2.24, 2.45) is 5.41 Å². The van der Waals surface area contributed by atoms with E-state index in [0.29, 0.717) is 19.0 Å². The van der Waals surface area contributed by atoms with E-state index in [1.165, 1.54) is 12.1 Å². The zero-order valence-corrected chi connectivity index (χ0v) is 14.0. The lowest BCUT2D eigenvalue weighted by Gasteiger charge is -2.23. The highest BCUT2D eigenvalue weighted by atomic mass is 16.6. The van der Waals surface area contributed by atoms with Crippen molar-refractivity contribution in [1.29, 1.82) is 0 Å². The van der Waals surface area contributed by atoms with Gasteiger partial charge in [-0.2, -0.15) is 0 Å².